The fourth-order valence-electron chi connectivity index (χ4n) is 4.06. The molecule has 35 heavy (non-hydrogen) atoms. The molecule has 4 rings (SSSR count). The van der Waals surface area contributed by atoms with Crippen LogP contribution < -0.4 is 15.4 Å². The van der Waals surface area contributed by atoms with Crippen molar-refractivity contribution in [2.24, 2.45) is 0 Å². The smallest absolute Gasteiger partial charge is 0.252 e. The maximum absolute atomic E-state index is 13.6. The first-order valence-corrected chi connectivity index (χ1v) is 12.5. The lowest BCUT2D eigenvalue weighted by Gasteiger charge is -2.29. The largest absolute Gasteiger partial charge is 0.337 e. The van der Waals surface area contributed by atoms with Crippen LogP contribution in [0.4, 0.5) is 10.1 Å². The molecule has 2 amide bonds. The van der Waals surface area contributed by atoms with Gasteiger partial charge in [0.1, 0.15) is 22.3 Å². The zero-order valence-electron chi connectivity index (χ0n) is 19.9. The van der Waals surface area contributed by atoms with Crippen molar-refractivity contribution in [3.05, 3.63) is 95.3 Å². The highest BCUT2D eigenvalue weighted by molar-refractivity contribution is 7.83. The van der Waals surface area contributed by atoms with Gasteiger partial charge in [-0.1, -0.05) is 24.3 Å². The first-order chi connectivity index (χ1) is 16.5. The van der Waals surface area contributed by atoms with E-state index in [1.165, 1.54) is 24.3 Å². The Balaban J connectivity index is 1.55. The lowest BCUT2D eigenvalue weighted by molar-refractivity contribution is -0.121. The molecular weight excluding hydrogens is 465 g/mol. The Kier molecular flexibility index (Phi) is 6.87. The number of fused-ring (bicyclic) bond motifs is 1. The normalized spacial score (nSPS) is 15.2. The monoisotopic (exact) mass is 493 g/mol. The molecule has 1 atom stereocenters. The predicted octanol–water partition coefficient (Wildman–Crippen LogP) is 4.14. The van der Waals surface area contributed by atoms with Crippen LogP contribution in [0.2, 0.25) is 0 Å². The van der Waals surface area contributed by atoms with Crippen LogP contribution >= 0.6 is 0 Å². The van der Waals surface area contributed by atoms with Crippen LogP contribution in [0, 0.1) is 5.82 Å². The molecule has 0 bridgehead atoms. The average molecular weight is 494 g/mol. The third kappa shape index (κ3) is 5.83. The highest BCUT2D eigenvalue weighted by atomic mass is 32.2. The van der Waals surface area contributed by atoms with Crippen LogP contribution in [0.25, 0.3) is 0 Å². The summed E-state index contributed by atoms with van der Waals surface area (Å²) in [4.78, 5) is 27.2. The van der Waals surface area contributed by atoms with Crippen molar-refractivity contribution in [1.29, 1.82) is 0 Å². The third-order valence-electron chi connectivity index (χ3n) is 5.72. The number of amides is 2. The number of hydrogen-bond donors (Lipinski definition) is 3. The third-order valence-corrected chi connectivity index (χ3v) is 7.22. The van der Waals surface area contributed by atoms with Gasteiger partial charge in [0.25, 0.3) is 11.8 Å². The number of carbonyl (C=O) groups excluding carboxylic acids is 2. The molecule has 0 spiro atoms. The molecule has 1 aliphatic carbocycles. The molecule has 0 saturated carbocycles. The lowest BCUT2D eigenvalue weighted by atomic mass is 9.93. The number of rotatable bonds is 6. The van der Waals surface area contributed by atoms with E-state index in [-0.39, 0.29) is 17.0 Å². The van der Waals surface area contributed by atoms with Crippen molar-refractivity contribution in [2.75, 3.05) is 5.32 Å². The van der Waals surface area contributed by atoms with Gasteiger partial charge in [0.2, 0.25) is 0 Å². The molecule has 1 unspecified atom stereocenters. The second kappa shape index (κ2) is 9.71. The van der Waals surface area contributed by atoms with Crippen LogP contribution in [0.3, 0.4) is 0 Å². The van der Waals surface area contributed by atoms with Crippen LogP contribution in [0.1, 0.15) is 42.3 Å². The second-order valence-electron chi connectivity index (χ2n) is 9.76. The summed E-state index contributed by atoms with van der Waals surface area (Å²) in [6.07, 6.45) is 0.666. The summed E-state index contributed by atoms with van der Waals surface area (Å²) in [7, 11) is -1.39. The SMILES string of the molecule is CC(C)(C)NS(=O)c1ccc(NC(=O)C2(NC(=O)c3ccc(F)cc3)Cc3ccccc3C2)cc1. The zero-order chi connectivity index (χ0) is 25.2. The Morgan fingerprint density at radius 3 is 2.00 bits per heavy atom. The molecule has 0 heterocycles. The number of nitrogens with one attached hydrogen (secondary N) is 3. The number of benzene rings is 3. The number of halogens is 1. The van der Waals surface area contributed by atoms with Crippen molar-refractivity contribution >= 4 is 28.5 Å². The first-order valence-electron chi connectivity index (χ1n) is 11.3. The Labute approximate surface area is 206 Å². The molecule has 1 aliphatic rings. The topological polar surface area (TPSA) is 87.3 Å². The molecule has 3 aromatic carbocycles. The second-order valence-corrected chi connectivity index (χ2v) is 11.0. The zero-order valence-corrected chi connectivity index (χ0v) is 20.7. The minimum atomic E-state index is -1.39. The van der Waals surface area contributed by atoms with E-state index in [0.717, 1.165) is 11.1 Å². The molecule has 6 nitrogen and oxygen atoms in total. The average Bonchev–Trinajstić information content (AvgIpc) is 3.18. The van der Waals surface area contributed by atoms with Crippen molar-refractivity contribution in [3.8, 4) is 0 Å². The number of anilines is 1. The van der Waals surface area contributed by atoms with E-state index < -0.39 is 28.2 Å². The van der Waals surface area contributed by atoms with Crippen molar-refractivity contribution in [1.82, 2.24) is 10.0 Å². The van der Waals surface area contributed by atoms with Gasteiger partial charge < -0.3 is 10.6 Å². The summed E-state index contributed by atoms with van der Waals surface area (Å²) >= 11 is 0. The highest BCUT2D eigenvalue weighted by Crippen LogP contribution is 2.32. The molecule has 182 valence electrons. The summed E-state index contributed by atoms with van der Waals surface area (Å²) < 4.78 is 28.8. The maximum Gasteiger partial charge on any atom is 0.252 e. The summed E-state index contributed by atoms with van der Waals surface area (Å²) in [6, 6.07) is 19.7. The van der Waals surface area contributed by atoms with E-state index in [2.05, 4.69) is 15.4 Å². The van der Waals surface area contributed by atoms with E-state index in [1.807, 2.05) is 45.0 Å². The molecule has 0 saturated heterocycles. The van der Waals surface area contributed by atoms with E-state index in [1.54, 1.807) is 24.3 Å². The Morgan fingerprint density at radius 2 is 1.46 bits per heavy atom. The van der Waals surface area contributed by atoms with Gasteiger partial charge in [-0.05, 0) is 80.4 Å². The molecular formula is C27H28FN3O3S. The van der Waals surface area contributed by atoms with Gasteiger partial charge in [-0.2, -0.15) is 0 Å². The van der Waals surface area contributed by atoms with Gasteiger partial charge in [0.05, 0.1) is 4.90 Å². The van der Waals surface area contributed by atoms with Crippen LogP contribution in [-0.4, -0.2) is 27.1 Å². The summed E-state index contributed by atoms with van der Waals surface area (Å²) in [6.45, 7) is 5.79. The highest BCUT2D eigenvalue weighted by Gasteiger charge is 2.45. The fourth-order valence-corrected chi connectivity index (χ4v) is 5.12. The van der Waals surface area contributed by atoms with Crippen molar-refractivity contribution in [2.45, 2.75) is 49.6 Å². The van der Waals surface area contributed by atoms with E-state index >= 15 is 0 Å². The van der Waals surface area contributed by atoms with Gasteiger partial charge in [0.15, 0.2) is 0 Å². The van der Waals surface area contributed by atoms with E-state index in [9.17, 15) is 18.2 Å². The summed E-state index contributed by atoms with van der Waals surface area (Å²) in [5.41, 5.74) is 1.25. The molecule has 3 N–H and O–H groups in total. The summed E-state index contributed by atoms with van der Waals surface area (Å²) in [5.74, 6) is -1.25. The molecule has 0 fully saturated rings. The van der Waals surface area contributed by atoms with Crippen molar-refractivity contribution < 1.29 is 18.2 Å². The van der Waals surface area contributed by atoms with Crippen molar-refractivity contribution in [3.63, 3.8) is 0 Å². The quantitative estimate of drug-likeness (QED) is 0.482. The Bertz CT molecular complexity index is 1240. The molecule has 3 aromatic rings. The van der Waals surface area contributed by atoms with Crippen LogP contribution in [-0.2, 0) is 28.6 Å². The maximum atomic E-state index is 13.6. The Hall–Kier alpha value is -3.36. The lowest BCUT2D eigenvalue weighted by Crippen LogP contribution is -2.57. The van der Waals surface area contributed by atoms with Gasteiger partial charge in [-0.3, -0.25) is 9.59 Å². The van der Waals surface area contributed by atoms with Gasteiger partial charge in [-0.15, -0.1) is 0 Å². The minimum Gasteiger partial charge on any atom is -0.337 e. The van der Waals surface area contributed by atoms with E-state index in [0.29, 0.717) is 23.4 Å². The van der Waals surface area contributed by atoms with Crippen LogP contribution in [0.15, 0.2) is 77.7 Å². The molecule has 0 aromatic heterocycles. The van der Waals surface area contributed by atoms with E-state index in [4.69, 9.17) is 0 Å². The first kappa shape index (κ1) is 24.8. The fraction of sp³-hybridized carbons (Fsp3) is 0.259. The number of hydrogen-bond acceptors (Lipinski definition) is 3. The molecule has 0 aliphatic heterocycles. The Morgan fingerprint density at radius 1 is 0.886 bits per heavy atom. The minimum absolute atomic E-state index is 0.271. The van der Waals surface area contributed by atoms with Gasteiger partial charge in [0, 0.05) is 29.6 Å². The van der Waals surface area contributed by atoms with Gasteiger partial charge in [-0.25, -0.2) is 13.3 Å². The summed E-state index contributed by atoms with van der Waals surface area (Å²) in [5, 5.41) is 5.83. The van der Waals surface area contributed by atoms with Gasteiger partial charge >= 0.3 is 0 Å². The van der Waals surface area contributed by atoms with Crippen LogP contribution in [0.5, 0.6) is 0 Å². The standard InChI is InChI=1S/C27H28FN3O3S/c1-26(2,3)31-35(34)23-14-12-22(13-15-23)29-25(33)27(16-19-6-4-5-7-20(19)17-27)30-24(32)18-8-10-21(28)11-9-18/h4-15,31H,16-17H2,1-3H3,(H,29,33)(H,30,32). The number of carbonyl (C=O) groups is 2. The molecule has 8 heteroatoms. The molecule has 0 radical (unpaired) electrons. The predicted molar refractivity (Wildman–Crippen MR) is 135 cm³/mol.